The summed E-state index contributed by atoms with van der Waals surface area (Å²) < 4.78 is 4.69. The molecule has 0 saturated carbocycles. The van der Waals surface area contributed by atoms with Crippen molar-refractivity contribution < 1.29 is 19.1 Å². The van der Waals surface area contributed by atoms with Crippen LogP contribution in [0.4, 0.5) is 0 Å². The second kappa shape index (κ2) is 5.80. The molecule has 1 aliphatic rings. The Balaban J connectivity index is 2.66. The van der Waals surface area contributed by atoms with Gasteiger partial charge >= 0.3 is 5.97 Å². The van der Waals surface area contributed by atoms with Gasteiger partial charge in [-0.25, -0.2) is 0 Å². The van der Waals surface area contributed by atoms with E-state index in [1.54, 1.807) is 4.90 Å². The zero-order valence-electron chi connectivity index (χ0n) is 10.6. The minimum Gasteiger partial charge on any atom is -0.469 e. The van der Waals surface area contributed by atoms with E-state index in [9.17, 15) is 14.4 Å². The first-order valence-corrected chi connectivity index (χ1v) is 5.82. The molecule has 1 aliphatic heterocycles. The lowest BCUT2D eigenvalue weighted by atomic mass is 9.93. The smallest absolute Gasteiger partial charge is 0.310 e. The van der Waals surface area contributed by atoms with Crippen molar-refractivity contribution in [2.75, 3.05) is 13.7 Å². The predicted octanol–water partition coefficient (Wildman–Crippen LogP) is 0.766. The summed E-state index contributed by atoms with van der Waals surface area (Å²) in [6.45, 7) is 3.69. The number of ketones is 1. The maximum Gasteiger partial charge on any atom is 0.310 e. The fraction of sp³-hybridized carbons (Fsp3) is 0.750. The highest BCUT2D eigenvalue weighted by molar-refractivity contribution is 5.97. The summed E-state index contributed by atoms with van der Waals surface area (Å²) in [6.07, 6.45) is 1.42. The molecule has 1 fully saturated rings. The molecule has 1 saturated heterocycles. The fourth-order valence-electron chi connectivity index (χ4n) is 2.13. The van der Waals surface area contributed by atoms with Gasteiger partial charge in [0.25, 0.3) is 0 Å². The van der Waals surface area contributed by atoms with E-state index in [1.165, 1.54) is 14.0 Å². The second-order valence-electron chi connectivity index (χ2n) is 4.57. The molecule has 0 N–H and O–H groups in total. The number of carbonyl (C=O) groups is 3. The normalized spacial score (nSPS) is 24.3. The molecule has 1 unspecified atom stereocenters. The van der Waals surface area contributed by atoms with Gasteiger partial charge in [-0.15, -0.1) is 0 Å². The highest BCUT2D eigenvalue weighted by atomic mass is 16.5. The Morgan fingerprint density at radius 2 is 1.94 bits per heavy atom. The SMILES string of the molecule is COC(=O)[C@@H]1CCC(C)N(C(=O)CC(C)=O)C1. The van der Waals surface area contributed by atoms with Crippen molar-refractivity contribution in [3.05, 3.63) is 0 Å². The molecule has 0 aromatic rings. The van der Waals surface area contributed by atoms with E-state index in [2.05, 4.69) is 0 Å². The van der Waals surface area contributed by atoms with Crippen molar-refractivity contribution in [1.82, 2.24) is 4.90 Å². The quantitative estimate of drug-likeness (QED) is 0.540. The van der Waals surface area contributed by atoms with Crippen LogP contribution in [0.15, 0.2) is 0 Å². The lowest BCUT2D eigenvalue weighted by Gasteiger charge is -2.36. The van der Waals surface area contributed by atoms with Crippen molar-refractivity contribution in [2.45, 2.75) is 39.2 Å². The largest absolute Gasteiger partial charge is 0.469 e. The molecule has 0 aliphatic carbocycles. The minimum absolute atomic E-state index is 0.0851. The maximum absolute atomic E-state index is 11.8. The van der Waals surface area contributed by atoms with Crippen LogP contribution in [-0.4, -0.2) is 42.3 Å². The average molecular weight is 241 g/mol. The molecule has 96 valence electrons. The summed E-state index contributed by atoms with van der Waals surface area (Å²) in [5.41, 5.74) is 0. The molecule has 0 spiro atoms. The molecule has 5 heteroatoms. The van der Waals surface area contributed by atoms with Crippen LogP contribution in [0.1, 0.15) is 33.1 Å². The van der Waals surface area contributed by atoms with Crippen LogP contribution in [0.2, 0.25) is 0 Å². The van der Waals surface area contributed by atoms with Gasteiger partial charge in [0.1, 0.15) is 5.78 Å². The van der Waals surface area contributed by atoms with Crippen molar-refractivity contribution >= 4 is 17.7 Å². The van der Waals surface area contributed by atoms with Gasteiger partial charge in [0.05, 0.1) is 19.4 Å². The van der Waals surface area contributed by atoms with Crippen molar-refractivity contribution in [3.8, 4) is 0 Å². The Labute approximate surface area is 101 Å². The Bertz CT molecular complexity index is 326. The highest BCUT2D eigenvalue weighted by Crippen LogP contribution is 2.23. The van der Waals surface area contributed by atoms with Gasteiger partial charge in [-0.1, -0.05) is 0 Å². The number of esters is 1. The Kier molecular flexibility index (Phi) is 4.66. The molecule has 0 aromatic carbocycles. The van der Waals surface area contributed by atoms with E-state index in [4.69, 9.17) is 4.74 Å². The molecule has 1 heterocycles. The lowest BCUT2D eigenvalue weighted by Crippen LogP contribution is -2.47. The Hall–Kier alpha value is -1.39. The molecular weight excluding hydrogens is 222 g/mol. The first-order chi connectivity index (χ1) is 7.95. The third-order valence-corrected chi connectivity index (χ3v) is 3.14. The topological polar surface area (TPSA) is 63.7 Å². The van der Waals surface area contributed by atoms with E-state index in [-0.39, 0.29) is 36.0 Å². The number of amides is 1. The Morgan fingerprint density at radius 1 is 1.29 bits per heavy atom. The fourth-order valence-corrected chi connectivity index (χ4v) is 2.13. The molecular formula is C12H19NO4. The number of nitrogens with zero attached hydrogens (tertiary/aromatic N) is 1. The number of carbonyl (C=O) groups excluding carboxylic acids is 3. The summed E-state index contributed by atoms with van der Waals surface area (Å²) in [5.74, 6) is -0.884. The number of Topliss-reactive ketones (excluding diaryl/α,β-unsaturated/α-hetero) is 1. The zero-order chi connectivity index (χ0) is 13.0. The first-order valence-electron chi connectivity index (χ1n) is 5.82. The molecule has 2 atom stereocenters. The second-order valence-corrected chi connectivity index (χ2v) is 4.57. The van der Waals surface area contributed by atoms with E-state index in [0.717, 1.165) is 12.8 Å². The van der Waals surface area contributed by atoms with Crippen LogP contribution in [0.5, 0.6) is 0 Å². The van der Waals surface area contributed by atoms with Gasteiger partial charge in [-0.3, -0.25) is 14.4 Å². The molecule has 0 aromatic heterocycles. The monoisotopic (exact) mass is 241 g/mol. The summed E-state index contributed by atoms with van der Waals surface area (Å²) in [4.78, 5) is 35.8. The van der Waals surface area contributed by atoms with Crippen LogP contribution in [-0.2, 0) is 19.1 Å². The van der Waals surface area contributed by atoms with Crippen molar-refractivity contribution in [1.29, 1.82) is 0 Å². The highest BCUT2D eigenvalue weighted by Gasteiger charge is 2.33. The summed E-state index contributed by atoms with van der Waals surface area (Å²) in [7, 11) is 1.35. The van der Waals surface area contributed by atoms with Crippen molar-refractivity contribution in [2.24, 2.45) is 5.92 Å². The number of ether oxygens (including phenoxy) is 1. The van der Waals surface area contributed by atoms with E-state index >= 15 is 0 Å². The van der Waals surface area contributed by atoms with Gasteiger partial charge in [-0.05, 0) is 26.7 Å². The number of methoxy groups -OCH3 is 1. The average Bonchev–Trinajstić information content (AvgIpc) is 2.27. The number of hydrogen-bond acceptors (Lipinski definition) is 4. The van der Waals surface area contributed by atoms with Gasteiger partial charge in [0, 0.05) is 12.6 Å². The molecule has 0 radical (unpaired) electrons. The lowest BCUT2D eigenvalue weighted by molar-refractivity contribution is -0.150. The summed E-state index contributed by atoms with van der Waals surface area (Å²) >= 11 is 0. The predicted molar refractivity (Wildman–Crippen MR) is 61.2 cm³/mol. The number of likely N-dealkylation sites (tertiary alicyclic amines) is 1. The summed E-state index contributed by atoms with van der Waals surface area (Å²) in [5, 5.41) is 0. The first kappa shape index (κ1) is 13.7. The molecule has 5 nitrogen and oxygen atoms in total. The van der Waals surface area contributed by atoms with Crippen LogP contribution >= 0.6 is 0 Å². The van der Waals surface area contributed by atoms with E-state index in [0.29, 0.717) is 6.54 Å². The molecule has 17 heavy (non-hydrogen) atoms. The van der Waals surface area contributed by atoms with Gasteiger partial charge in [0.2, 0.25) is 5.91 Å². The van der Waals surface area contributed by atoms with E-state index < -0.39 is 0 Å². The Morgan fingerprint density at radius 3 is 2.47 bits per heavy atom. The molecule has 1 amide bonds. The minimum atomic E-state index is -0.280. The number of hydrogen-bond donors (Lipinski definition) is 0. The third kappa shape index (κ3) is 3.54. The van der Waals surface area contributed by atoms with Crippen LogP contribution in [0.3, 0.4) is 0 Å². The van der Waals surface area contributed by atoms with Crippen molar-refractivity contribution in [3.63, 3.8) is 0 Å². The molecule has 0 bridgehead atoms. The van der Waals surface area contributed by atoms with Crippen LogP contribution < -0.4 is 0 Å². The van der Waals surface area contributed by atoms with Gasteiger partial charge < -0.3 is 9.64 Å². The van der Waals surface area contributed by atoms with Gasteiger partial charge in [0.15, 0.2) is 0 Å². The van der Waals surface area contributed by atoms with E-state index in [1.807, 2.05) is 6.92 Å². The maximum atomic E-state index is 11.8. The van der Waals surface area contributed by atoms with Gasteiger partial charge in [-0.2, -0.15) is 0 Å². The zero-order valence-corrected chi connectivity index (χ0v) is 10.6. The number of rotatable bonds is 3. The molecule has 1 rings (SSSR count). The van der Waals surface area contributed by atoms with Crippen LogP contribution in [0.25, 0.3) is 0 Å². The van der Waals surface area contributed by atoms with Crippen LogP contribution in [0, 0.1) is 5.92 Å². The number of piperidine rings is 1. The summed E-state index contributed by atoms with van der Waals surface area (Å²) in [6, 6.07) is 0.0859. The standard InChI is InChI=1S/C12H19NO4/c1-8-4-5-10(12(16)17-3)7-13(8)11(15)6-9(2)14/h8,10H,4-7H2,1-3H3/t8?,10-/m1/s1. The third-order valence-electron chi connectivity index (χ3n) is 3.14.